The van der Waals surface area contributed by atoms with E-state index >= 15 is 0 Å². The zero-order chi connectivity index (χ0) is 13.4. The molecule has 0 radical (unpaired) electrons. The van der Waals surface area contributed by atoms with Gasteiger partial charge in [0.2, 0.25) is 0 Å². The van der Waals surface area contributed by atoms with Gasteiger partial charge in [0.15, 0.2) is 0 Å². The summed E-state index contributed by atoms with van der Waals surface area (Å²) >= 11 is 0. The van der Waals surface area contributed by atoms with Crippen LogP contribution in [0.5, 0.6) is 5.75 Å². The summed E-state index contributed by atoms with van der Waals surface area (Å²) in [5.74, 6) is -0.146. The molecule has 0 amide bonds. The molecule has 1 saturated carbocycles. The lowest BCUT2D eigenvalue weighted by atomic mass is 9.76. The summed E-state index contributed by atoms with van der Waals surface area (Å²) < 4.78 is 38.0. The maximum absolute atomic E-state index is 12.7. The summed E-state index contributed by atoms with van der Waals surface area (Å²) in [6.45, 7) is 0. The second-order valence-electron chi connectivity index (χ2n) is 4.95. The van der Waals surface area contributed by atoms with Crippen LogP contribution in [0.25, 0.3) is 0 Å². The Hall–Kier alpha value is -1.23. The van der Waals surface area contributed by atoms with Gasteiger partial charge in [-0.1, -0.05) is 19.3 Å². The predicted molar refractivity (Wildman–Crippen MR) is 62.1 cm³/mol. The minimum atomic E-state index is -4.41. The minimum Gasteiger partial charge on any atom is -0.508 e. The van der Waals surface area contributed by atoms with Crippen LogP contribution in [0.3, 0.4) is 0 Å². The number of phenols is 1. The molecule has 0 bridgehead atoms. The maximum Gasteiger partial charge on any atom is 0.416 e. The molecular formula is C13H16F3NO. The van der Waals surface area contributed by atoms with E-state index in [0.717, 1.165) is 37.5 Å². The molecule has 1 aliphatic carbocycles. The van der Waals surface area contributed by atoms with Gasteiger partial charge >= 0.3 is 6.18 Å². The normalized spacial score (nSPS) is 19.8. The average molecular weight is 259 g/mol. The fraction of sp³-hybridized carbons (Fsp3) is 0.538. The third-order valence-electron chi connectivity index (χ3n) is 3.61. The number of hydrogen-bond acceptors (Lipinski definition) is 2. The van der Waals surface area contributed by atoms with Crippen LogP contribution in [-0.4, -0.2) is 5.11 Å². The van der Waals surface area contributed by atoms with Gasteiger partial charge < -0.3 is 10.8 Å². The standard InChI is InChI=1S/C13H16F3NO/c14-13(15,16)9-4-5-11(18)10(8-9)12(17)6-2-1-3-7-12/h4-5,8,18H,1-3,6-7,17H2. The van der Waals surface area contributed by atoms with Crippen molar-refractivity contribution in [1.29, 1.82) is 0 Å². The third-order valence-corrected chi connectivity index (χ3v) is 3.61. The van der Waals surface area contributed by atoms with Crippen molar-refractivity contribution in [3.63, 3.8) is 0 Å². The Kier molecular flexibility index (Phi) is 3.27. The Morgan fingerprint density at radius 3 is 2.28 bits per heavy atom. The Morgan fingerprint density at radius 1 is 1.11 bits per heavy atom. The molecule has 0 unspecified atom stereocenters. The van der Waals surface area contributed by atoms with Gasteiger partial charge in [0.05, 0.1) is 5.56 Å². The molecule has 3 N–H and O–H groups in total. The Labute approximate surface area is 104 Å². The minimum absolute atomic E-state index is 0.146. The van der Waals surface area contributed by atoms with Crippen LogP contribution in [-0.2, 0) is 11.7 Å². The van der Waals surface area contributed by atoms with E-state index in [-0.39, 0.29) is 11.3 Å². The Balaban J connectivity index is 2.43. The second-order valence-corrected chi connectivity index (χ2v) is 4.95. The van der Waals surface area contributed by atoms with Crippen molar-refractivity contribution in [3.8, 4) is 5.75 Å². The molecular weight excluding hydrogens is 243 g/mol. The van der Waals surface area contributed by atoms with Crippen LogP contribution >= 0.6 is 0 Å². The molecule has 1 aromatic rings. The van der Waals surface area contributed by atoms with Gasteiger partial charge in [-0.15, -0.1) is 0 Å². The van der Waals surface area contributed by atoms with Crippen molar-refractivity contribution in [2.24, 2.45) is 5.73 Å². The Morgan fingerprint density at radius 2 is 1.72 bits per heavy atom. The van der Waals surface area contributed by atoms with Crippen molar-refractivity contribution in [2.45, 2.75) is 43.8 Å². The highest BCUT2D eigenvalue weighted by Gasteiger charge is 2.36. The van der Waals surface area contributed by atoms with E-state index in [0.29, 0.717) is 12.8 Å². The first-order chi connectivity index (χ1) is 8.33. The molecule has 1 aliphatic rings. The fourth-order valence-corrected chi connectivity index (χ4v) is 2.56. The topological polar surface area (TPSA) is 46.2 Å². The molecule has 5 heteroatoms. The first-order valence-electron chi connectivity index (χ1n) is 6.02. The monoisotopic (exact) mass is 259 g/mol. The zero-order valence-electron chi connectivity index (χ0n) is 9.93. The number of rotatable bonds is 1. The lowest BCUT2D eigenvalue weighted by molar-refractivity contribution is -0.137. The molecule has 2 rings (SSSR count). The maximum atomic E-state index is 12.7. The molecule has 0 heterocycles. The van der Waals surface area contributed by atoms with Gasteiger partial charge in [-0.25, -0.2) is 0 Å². The summed E-state index contributed by atoms with van der Waals surface area (Å²) in [6, 6.07) is 2.95. The molecule has 0 atom stereocenters. The van der Waals surface area contributed by atoms with Crippen LogP contribution in [0, 0.1) is 0 Å². The zero-order valence-corrected chi connectivity index (χ0v) is 9.93. The molecule has 0 aliphatic heterocycles. The van der Waals surface area contributed by atoms with E-state index in [2.05, 4.69) is 0 Å². The molecule has 2 nitrogen and oxygen atoms in total. The average Bonchev–Trinajstić information content (AvgIpc) is 2.28. The number of benzene rings is 1. The summed E-state index contributed by atoms with van der Waals surface area (Å²) in [4.78, 5) is 0. The first-order valence-corrected chi connectivity index (χ1v) is 6.02. The SMILES string of the molecule is NC1(c2cc(C(F)(F)F)ccc2O)CCCCC1. The van der Waals surface area contributed by atoms with Crippen molar-refractivity contribution >= 4 is 0 Å². The summed E-state index contributed by atoms with van der Waals surface area (Å²) in [7, 11) is 0. The second kappa shape index (κ2) is 4.46. The summed E-state index contributed by atoms with van der Waals surface area (Å²) in [6.07, 6.45) is -0.381. The van der Waals surface area contributed by atoms with Gasteiger partial charge in [-0.3, -0.25) is 0 Å². The van der Waals surface area contributed by atoms with Crippen LogP contribution in [0.1, 0.15) is 43.2 Å². The number of phenolic OH excluding ortho intramolecular Hbond substituents is 1. The van der Waals surface area contributed by atoms with Crippen molar-refractivity contribution < 1.29 is 18.3 Å². The summed E-state index contributed by atoms with van der Waals surface area (Å²) in [5.41, 5.74) is 4.80. The number of hydrogen-bond donors (Lipinski definition) is 2. The van der Waals surface area contributed by atoms with E-state index in [1.54, 1.807) is 0 Å². The van der Waals surface area contributed by atoms with E-state index in [1.807, 2.05) is 0 Å². The molecule has 100 valence electrons. The molecule has 0 spiro atoms. The predicted octanol–water partition coefficient (Wildman–Crippen LogP) is 3.53. The first kappa shape index (κ1) is 13.2. The van der Waals surface area contributed by atoms with E-state index in [9.17, 15) is 18.3 Å². The van der Waals surface area contributed by atoms with Crippen molar-refractivity contribution in [2.75, 3.05) is 0 Å². The van der Waals surface area contributed by atoms with E-state index < -0.39 is 17.3 Å². The van der Waals surface area contributed by atoms with Crippen LogP contribution in [0.4, 0.5) is 13.2 Å². The summed E-state index contributed by atoms with van der Waals surface area (Å²) in [5, 5.41) is 9.77. The van der Waals surface area contributed by atoms with Gasteiger partial charge in [0.25, 0.3) is 0 Å². The lowest BCUT2D eigenvalue weighted by Gasteiger charge is -2.34. The van der Waals surface area contributed by atoms with E-state index in [1.165, 1.54) is 0 Å². The number of nitrogens with two attached hydrogens (primary N) is 1. The van der Waals surface area contributed by atoms with Crippen LogP contribution in [0.2, 0.25) is 0 Å². The molecule has 1 aromatic carbocycles. The number of aromatic hydroxyl groups is 1. The number of halogens is 3. The highest BCUT2D eigenvalue weighted by molar-refractivity contribution is 5.42. The smallest absolute Gasteiger partial charge is 0.416 e. The van der Waals surface area contributed by atoms with Gasteiger partial charge in [-0.2, -0.15) is 13.2 Å². The third kappa shape index (κ3) is 2.46. The molecule has 0 saturated heterocycles. The quantitative estimate of drug-likeness (QED) is 0.810. The highest BCUT2D eigenvalue weighted by Crippen LogP contribution is 2.41. The van der Waals surface area contributed by atoms with E-state index in [4.69, 9.17) is 5.73 Å². The molecule has 0 aromatic heterocycles. The fourth-order valence-electron chi connectivity index (χ4n) is 2.56. The van der Waals surface area contributed by atoms with Crippen LogP contribution in [0.15, 0.2) is 18.2 Å². The van der Waals surface area contributed by atoms with Crippen molar-refractivity contribution in [3.05, 3.63) is 29.3 Å². The Bertz CT molecular complexity index is 436. The highest BCUT2D eigenvalue weighted by atomic mass is 19.4. The van der Waals surface area contributed by atoms with Crippen LogP contribution < -0.4 is 5.73 Å². The number of alkyl halides is 3. The van der Waals surface area contributed by atoms with Gasteiger partial charge in [-0.05, 0) is 31.0 Å². The van der Waals surface area contributed by atoms with Gasteiger partial charge in [0, 0.05) is 11.1 Å². The molecule has 18 heavy (non-hydrogen) atoms. The lowest BCUT2D eigenvalue weighted by Crippen LogP contribution is -2.38. The largest absolute Gasteiger partial charge is 0.508 e. The molecule has 1 fully saturated rings. The van der Waals surface area contributed by atoms with Crippen molar-refractivity contribution in [1.82, 2.24) is 0 Å². The van der Waals surface area contributed by atoms with Gasteiger partial charge in [0.1, 0.15) is 5.75 Å².